The number of hydrogen-bond donors (Lipinski definition) is 2. The number of rotatable bonds is 7. The van der Waals surface area contributed by atoms with Crippen LogP contribution in [0.25, 0.3) is 0 Å². The Hall–Kier alpha value is -1.07. The maximum absolute atomic E-state index is 5.76. The van der Waals surface area contributed by atoms with E-state index in [0.717, 1.165) is 32.1 Å². The van der Waals surface area contributed by atoms with E-state index in [1.165, 1.54) is 12.8 Å². The van der Waals surface area contributed by atoms with Crippen molar-refractivity contribution in [1.29, 1.82) is 0 Å². The Morgan fingerprint density at radius 3 is 3.00 bits per heavy atom. The van der Waals surface area contributed by atoms with Crippen molar-refractivity contribution in [3.63, 3.8) is 0 Å². The zero-order valence-corrected chi connectivity index (χ0v) is 10.4. The lowest BCUT2D eigenvalue weighted by atomic mass is 10.4. The van der Waals surface area contributed by atoms with Gasteiger partial charge in [0, 0.05) is 25.8 Å². The highest BCUT2D eigenvalue weighted by molar-refractivity contribution is 6.29. The predicted octanol–water partition coefficient (Wildman–Crippen LogP) is 1.94. The molecule has 0 aliphatic heterocycles. The third kappa shape index (κ3) is 4.75. The van der Waals surface area contributed by atoms with Gasteiger partial charge in [0.25, 0.3) is 0 Å². The first-order chi connectivity index (χ1) is 8.24. The van der Waals surface area contributed by atoms with Gasteiger partial charge in [-0.25, -0.2) is 4.98 Å². The topological polar surface area (TPSA) is 73.1 Å². The normalized spacial score (nSPS) is 14.9. The third-order valence-corrected chi connectivity index (χ3v) is 2.73. The van der Waals surface area contributed by atoms with Gasteiger partial charge in [0.1, 0.15) is 11.0 Å². The van der Waals surface area contributed by atoms with Gasteiger partial charge < -0.3 is 15.8 Å². The highest BCUT2D eigenvalue weighted by Crippen LogP contribution is 2.28. The molecule has 0 amide bonds. The van der Waals surface area contributed by atoms with Crippen molar-refractivity contribution in [2.45, 2.75) is 19.3 Å². The molecule has 0 saturated heterocycles. The number of nitrogens with zero attached hydrogens (tertiary/aromatic N) is 2. The number of halogens is 1. The van der Waals surface area contributed by atoms with Crippen molar-refractivity contribution in [2.24, 2.45) is 5.92 Å². The van der Waals surface area contributed by atoms with E-state index < -0.39 is 0 Å². The Balaban J connectivity index is 1.59. The second-order valence-electron chi connectivity index (χ2n) is 4.23. The van der Waals surface area contributed by atoms with Crippen LogP contribution in [0.15, 0.2) is 6.07 Å². The molecule has 0 atom stereocenters. The lowest BCUT2D eigenvalue weighted by molar-refractivity contribution is 0.124. The SMILES string of the molecule is Nc1nc(Cl)cc(NCCCOCC2CC2)n1. The molecule has 1 aromatic rings. The Bertz CT molecular complexity index is 350. The van der Waals surface area contributed by atoms with Gasteiger partial charge >= 0.3 is 0 Å². The molecule has 94 valence electrons. The van der Waals surface area contributed by atoms with Crippen LogP contribution in [0.1, 0.15) is 19.3 Å². The van der Waals surface area contributed by atoms with Crippen LogP contribution < -0.4 is 11.1 Å². The van der Waals surface area contributed by atoms with Crippen molar-refractivity contribution in [3.05, 3.63) is 11.2 Å². The number of nitrogens with one attached hydrogen (secondary N) is 1. The molecular weight excluding hydrogens is 240 g/mol. The molecule has 0 unspecified atom stereocenters. The van der Waals surface area contributed by atoms with E-state index in [2.05, 4.69) is 15.3 Å². The summed E-state index contributed by atoms with van der Waals surface area (Å²) in [7, 11) is 0. The second kappa shape index (κ2) is 6.02. The van der Waals surface area contributed by atoms with Crippen LogP contribution in [0.5, 0.6) is 0 Å². The minimum Gasteiger partial charge on any atom is -0.381 e. The fourth-order valence-electron chi connectivity index (χ4n) is 1.45. The van der Waals surface area contributed by atoms with E-state index in [-0.39, 0.29) is 5.95 Å². The first-order valence-electron chi connectivity index (χ1n) is 5.86. The van der Waals surface area contributed by atoms with Crippen molar-refractivity contribution in [2.75, 3.05) is 30.8 Å². The van der Waals surface area contributed by atoms with Gasteiger partial charge in [0.2, 0.25) is 5.95 Å². The molecule has 0 bridgehead atoms. The van der Waals surface area contributed by atoms with Crippen LogP contribution in [-0.4, -0.2) is 29.7 Å². The summed E-state index contributed by atoms with van der Waals surface area (Å²) in [5.74, 6) is 1.66. The molecule has 1 aromatic heterocycles. The van der Waals surface area contributed by atoms with Gasteiger partial charge in [-0.3, -0.25) is 0 Å². The molecule has 1 saturated carbocycles. The Morgan fingerprint density at radius 1 is 1.47 bits per heavy atom. The monoisotopic (exact) mass is 256 g/mol. The first kappa shape index (κ1) is 12.4. The first-order valence-corrected chi connectivity index (χ1v) is 6.23. The van der Waals surface area contributed by atoms with Gasteiger partial charge in [0.15, 0.2) is 0 Å². The highest BCUT2D eigenvalue weighted by Gasteiger charge is 2.20. The molecule has 0 aromatic carbocycles. The summed E-state index contributed by atoms with van der Waals surface area (Å²) in [6.07, 6.45) is 3.60. The molecular formula is C11H17ClN4O. The Labute approximate surface area is 106 Å². The van der Waals surface area contributed by atoms with Crippen molar-refractivity contribution < 1.29 is 4.74 Å². The summed E-state index contributed by atoms with van der Waals surface area (Å²) in [5.41, 5.74) is 5.48. The highest BCUT2D eigenvalue weighted by atomic mass is 35.5. The van der Waals surface area contributed by atoms with Crippen molar-refractivity contribution in [3.8, 4) is 0 Å². The summed E-state index contributed by atoms with van der Waals surface area (Å²) >= 11 is 5.76. The van der Waals surface area contributed by atoms with Crippen LogP contribution in [0.4, 0.5) is 11.8 Å². The molecule has 3 N–H and O–H groups in total. The van der Waals surface area contributed by atoms with Gasteiger partial charge in [-0.05, 0) is 25.2 Å². The zero-order valence-electron chi connectivity index (χ0n) is 9.66. The van der Waals surface area contributed by atoms with Gasteiger partial charge in [-0.15, -0.1) is 0 Å². The van der Waals surface area contributed by atoms with Crippen molar-refractivity contribution in [1.82, 2.24) is 9.97 Å². The van der Waals surface area contributed by atoms with Crippen LogP contribution in [0.3, 0.4) is 0 Å². The summed E-state index contributed by atoms with van der Waals surface area (Å²) in [6, 6.07) is 1.66. The van der Waals surface area contributed by atoms with Crippen LogP contribution >= 0.6 is 11.6 Å². The fourth-order valence-corrected chi connectivity index (χ4v) is 1.64. The lowest BCUT2D eigenvalue weighted by Gasteiger charge is -2.06. The summed E-state index contributed by atoms with van der Waals surface area (Å²) < 4.78 is 5.52. The minimum absolute atomic E-state index is 0.185. The van der Waals surface area contributed by atoms with E-state index in [4.69, 9.17) is 22.1 Å². The van der Waals surface area contributed by atoms with E-state index in [0.29, 0.717) is 11.0 Å². The lowest BCUT2D eigenvalue weighted by Crippen LogP contribution is -2.09. The van der Waals surface area contributed by atoms with Crippen molar-refractivity contribution >= 4 is 23.4 Å². The molecule has 0 spiro atoms. The standard InChI is InChI=1S/C11H17ClN4O/c12-9-6-10(16-11(13)15-9)14-4-1-5-17-7-8-2-3-8/h6,8H,1-5,7H2,(H3,13,14,15,16). The van der Waals surface area contributed by atoms with Gasteiger partial charge in [-0.1, -0.05) is 11.6 Å². The van der Waals surface area contributed by atoms with E-state index in [1.54, 1.807) is 6.07 Å². The van der Waals surface area contributed by atoms with Gasteiger partial charge in [0.05, 0.1) is 0 Å². The maximum Gasteiger partial charge on any atom is 0.223 e. The number of anilines is 2. The molecule has 1 fully saturated rings. The number of hydrogen-bond acceptors (Lipinski definition) is 5. The molecule has 6 heteroatoms. The molecule has 1 aliphatic carbocycles. The maximum atomic E-state index is 5.76. The molecule has 2 rings (SSSR count). The molecule has 5 nitrogen and oxygen atoms in total. The van der Waals surface area contributed by atoms with E-state index >= 15 is 0 Å². The van der Waals surface area contributed by atoms with Crippen LogP contribution in [0.2, 0.25) is 5.15 Å². The van der Waals surface area contributed by atoms with Gasteiger partial charge in [-0.2, -0.15) is 4.98 Å². The number of nitrogens with two attached hydrogens (primary N) is 1. The quantitative estimate of drug-likeness (QED) is 0.576. The van der Waals surface area contributed by atoms with E-state index in [1.807, 2.05) is 0 Å². The number of nitrogen functional groups attached to an aromatic ring is 1. The molecule has 1 aliphatic rings. The number of aromatic nitrogens is 2. The number of ether oxygens (including phenoxy) is 1. The average molecular weight is 257 g/mol. The van der Waals surface area contributed by atoms with E-state index in [9.17, 15) is 0 Å². The third-order valence-electron chi connectivity index (χ3n) is 2.53. The average Bonchev–Trinajstić information content (AvgIpc) is 3.05. The smallest absolute Gasteiger partial charge is 0.223 e. The predicted molar refractivity (Wildman–Crippen MR) is 68.1 cm³/mol. The van der Waals surface area contributed by atoms with Crippen LogP contribution in [0, 0.1) is 5.92 Å². The largest absolute Gasteiger partial charge is 0.381 e. The molecule has 1 heterocycles. The summed E-state index contributed by atoms with van der Waals surface area (Å²) in [4.78, 5) is 7.81. The summed E-state index contributed by atoms with van der Waals surface area (Å²) in [6.45, 7) is 2.47. The summed E-state index contributed by atoms with van der Waals surface area (Å²) in [5, 5.41) is 3.49. The molecule has 0 radical (unpaired) electrons. The Morgan fingerprint density at radius 2 is 2.29 bits per heavy atom. The van der Waals surface area contributed by atoms with Crippen LogP contribution in [-0.2, 0) is 4.74 Å². The minimum atomic E-state index is 0.185. The molecule has 17 heavy (non-hydrogen) atoms. The zero-order chi connectivity index (χ0) is 12.1. The second-order valence-corrected chi connectivity index (χ2v) is 4.62. The Kier molecular flexibility index (Phi) is 4.39. The fraction of sp³-hybridized carbons (Fsp3) is 0.636.